The summed E-state index contributed by atoms with van der Waals surface area (Å²) < 4.78 is 32.5. The Morgan fingerprint density at radius 1 is 1.29 bits per heavy atom. The van der Waals surface area contributed by atoms with Gasteiger partial charge in [0.05, 0.1) is 22.8 Å². The third-order valence-corrected chi connectivity index (χ3v) is 5.81. The Balaban J connectivity index is 1.87. The molecule has 3 rings (SSSR count). The topological polar surface area (TPSA) is 95.9 Å². The molecule has 0 fully saturated rings. The fourth-order valence-corrected chi connectivity index (χ4v) is 4.54. The second-order valence-corrected chi connectivity index (χ2v) is 8.41. The van der Waals surface area contributed by atoms with E-state index in [1.807, 2.05) is 0 Å². The molecule has 1 aromatic rings. The van der Waals surface area contributed by atoms with Crippen molar-refractivity contribution in [2.45, 2.75) is 36.7 Å². The normalized spacial score (nSPS) is 19.3. The van der Waals surface area contributed by atoms with Gasteiger partial charge in [-0.3, -0.25) is 4.79 Å². The predicted molar refractivity (Wildman–Crippen MR) is 88.5 cm³/mol. The van der Waals surface area contributed by atoms with Crippen LogP contribution < -0.4 is 9.62 Å². The molecule has 1 atom stereocenters. The number of anilines is 1. The quantitative estimate of drug-likeness (QED) is 0.761. The average Bonchev–Trinajstić information content (AvgIpc) is 2.95. The molecule has 2 N–H and O–H groups in total. The first-order chi connectivity index (χ1) is 11.2. The maximum absolute atomic E-state index is 12.6. The molecule has 0 aliphatic carbocycles. The molecule has 1 unspecified atom stereocenters. The molecule has 0 radical (unpaired) electrons. The van der Waals surface area contributed by atoms with Gasteiger partial charge in [0.25, 0.3) is 0 Å². The SMILES string of the molecule is COCC(C)(O)CNS(=O)(=O)c1cc2c3c(c1)CCN3C(=O)CC2. The van der Waals surface area contributed by atoms with Crippen LogP contribution in [0.5, 0.6) is 0 Å². The van der Waals surface area contributed by atoms with E-state index in [0.29, 0.717) is 25.8 Å². The zero-order valence-electron chi connectivity index (χ0n) is 13.8. The summed E-state index contributed by atoms with van der Waals surface area (Å²) in [4.78, 5) is 13.9. The molecule has 2 aliphatic rings. The lowest BCUT2D eigenvalue weighted by Gasteiger charge is -2.26. The van der Waals surface area contributed by atoms with E-state index in [1.165, 1.54) is 14.0 Å². The Labute approximate surface area is 141 Å². The molecule has 24 heavy (non-hydrogen) atoms. The Hall–Kier alpha value is -1.48. The first kappa shape index (κ1) is 17.3. The van der Waals surface area contributed by atoms with E-state index in [1.54, 1.807) is 17.0 Å². The molecular weight excluding hydrogens is 332 g/mol. The van der Waals surface area contributed by atoms with Crippen LogP contribution in [0.15, 0.2) is 17.0 Å². The van der Waals surface area contributed by atoms with Crippen LogP contribution in [0.2, 0.25) is 0 Å². The fraction of sp³-hybridized carbons (Fsp3) is 0.562. The summed E-state index contributed by atoms with van der Waals surface area (Å²) in [6.45, 7) is 2.01. The summed E-state index contributed by atoms with van der Waals surface area (Å²) in [7, 11) is -2.30. The van der Waals surface area contributed by atoms with Crippen molar-refractivity contribution in [1.29, 1.82) is 0 Å². The van der Waals surface area contributed by atoms with Crippen molar-refractivity contribution in [2.75, 3.05) is 31.7 Å². The zero-order valence-corrected chi connectivity index (χ0v) is 14.6. The van der Waals surface area contributed by atoms with Gasteiger partial charge in [0, 0.05) is 26.6 Å². The van der Waals surface area contributed by atoms with Crippen LogP contribution in [-0.4, -0.2) is 51.8 Å². The van der Waals surface area contributed by atoms with E-state index in [9.17, 15) is 18.3 Å². The molecule has 0 aromatic heterocycles. The minimum absolute atomic E-state index is 0.0298. The third-order valence-electron chi connectivity index (χ3n) is 4.43. The van der Waals surface area contributed by atoms with Gasteiger partial charge in [0.15, 0.2) is 0 Å². The van der Waals surface area contributed by atoms with Crippen molar-refractivity contribution >= 4 is 21.6 Å². The molecule has 0 saturated carbocycles. The van der Waals surface area contributed by atoms with E-state index >= 15 is 0 Å². The highest BCUT2D eigenvalue weighted by atomic mass is 32.2. The van der Waals surface area contributed by atoms with Crippen LogP contribution in [0.25, 0.3) is 0 Å². The van der Waals surface area contributed by atoms with E-state index in [2.05, 4.69) is 4.72 Å². The molecular formula is C16H22N2O5S. The van der Waals surface area contributed by atoms with Gasteiger partial charge in [0.2, 0.25) is 15.9 Å². The molecule has 0 bridgehead atoms. The van der Waals surface area contributed by atoms with Gasteiger partial charge in [-0.1, -0.05) is 0 Å². The van der Waals surface area contributed by atoms with Crippen molar-refractivity contribution in [1.82, 2.24) is 4.72 Å². The van der Waals surface area contributed by atoms with Crippen LogP contribution in [0.4, 0.5) is 5.69 Å². The van der Waals surface area contributed by atoms with Crippen LogP contribution in [-0.2, 0) is 32.4 Å². The summed E-state index contributed by atoms with van der Waals surface area (Å²) in [5.74, 6) is 0.102. The molecule has 2 heterocycles. The van der Waals surface area contributed by atoms with Crippen molar-refractivity contribution < 1.29 is 23.1 Å². The highest BCUT2D eigenvalue weighted by Gasteiger charge is 2.33. The molecule has 2 aliphatic heterocycles. The lowest BCUT2D eigenvalue weighted by Crippen LogP contribution is -2.43. The number of hydrogen-bond acceptors (Lipinski definition) is 5. The zero-order chi connectivity index (χ0) is 17.5. The molecule has 0 spiro atoms. The summed E-state index contributed by atoms with van der Waals surface area (Å²) in [5.41, 5.74) is 1.39. The van der Waals surface area contributed by atoms with E-state index in [4.69, 9.17) is 4.74 Å². The van der Waals surface area contributed by atoms with Crippen molar-refractivity contribution in [3.8, 4) is 0 Å². The molecule has 1 amide bonds. The second kappa shape index (κ2) is 6.11. The number of sulfonamides is 1. The average molecular weight is 354 g/mol. The van der Waals surface area contributed by atoms with Crippen molar-refractivity contribution in [3.63, 3.8) is 0 Å². The number of carbonyl (C=O) groups is 1. The lowest BCUT2D eigenvalue weighted by molar-refractivity contribution is -0.118. The minimum Gasteiger partial charge on any atom is -0.386 e. The van der Waals surface area contributed by atoms with Crippen LogP contribution in [0, 0.1) is 0 Å². The second-order valence-electron chi connectivity index (χ2n) is 6.64. The van der Waals surface area contributed by atoms with Gasteiger partial charge in [-0.2, -0.15) is 0 Å². The van der Waals surface area contributed by atoms with Gasteiger partial charge in [-0.25, -0.2) is 13.1 Å². The minimum atomic E-state index is -3.74. The number of methoxy groups -OCH3 is 1. The Kier molecular flexibility index (Phi) is 4.41. The standard InChI is InChI=1S/C16H22N2O5S/c1-16(20,10-23-2)9-17-24(21,22)13-7-11-3-4-14(19)18-6-5-12(8-13)15(11)18/h7-8,17,20H,3-6,9-10H2,1-2H3. The van der Waals surface area contributed by atoms with Gasteiger partial charge >= 0.3 is 0 Å². The van der Waals surface area contributed by atoms with Gasteiger partial charge in [0.1, 0.15) is 0 Å². The maximum atomic E-state index is 12.6. The smallest absolute Gasteiger partial charge is 0.240 e. The van der Waals surface area contributed by atoms with Crippen LogP contribution in [0.1, 0.15) is 24.5 Å². The number of aliphatic hydroxyl groups is 1. The molecule has 8 heteroatoms. The van der Waals surface area contributed by atoms with E-state index < -0.39 is 15.6 Å². The monoisotopic (exact) mass is 354 g/mol. The Morgan fingerprint density at radius 3 is 2.62 bits per heavy atom. The lowest BCUT2D eigenvalue weighted by atomic mass is 10.00. The third kappa shape index (κ3) is 3.19. The summed E-state index contributed by atoms with van der Waals surface area (Å²) in [6, 6.07) is 3.27. The summed E-state index contributed by atoms with van der Waals surface area (Å²) in [6.07, 6.45) is 1.63. The fourth-order valence-electron chi connectivity index (χ4n) is 3.28. The Morgan fingerprint density at radius 2 is 1.96 bits per heavy atom. The maximum Gasteiger partial charge on any atom is 0.240 e. The van der Waals surface area contributed by atoms with Gasteiger partial charge < -0.3 is 14.7 Å². The Bertz CT molecular complexity index is 773. The highest BCUT2D eigenvalue weighted by molar-refractivity contribution is 7.89. The number of hydrogen-bond donors (Lipinski definition) is 2. The first-order valence-corrected chi connectivity index (χ1v) is 9.39. The molecule has 1 aromatic carbocycles. The molecule has 0 saturated heterocycles. The number of carbonyl (C=O) groups excluding carboxylic acids is 1. The highest BCUT2D eigenvalue weighted by Crippen LogP contribution is 2.38. The number of aryl methyl sites for hydroxylation is 1. The number of nitrogens with zero attached hydrogens (tertiary/aromatic N) is 1. The number of rotatable bonds is 6. The van der Waals surface area contributed by atoms with Crippen molar-refractivity contribution in [3.05, 3.63) is 23.3 Å². The largest absolute Gasteiger partial charge is 0.386 e. The van der Waals surface area contributed by atoms with Crippen molar-refractivity contribution in [2.24, 2.45) is 0 Å². The molecule has 7 nitrogen and oxygen atoms in total. The molecule has 132 valence electrons. The van der Waals surface area contributed by atoms with Gasteiger partial charge in [-0.05, 0) is 43.0 Å². The van der Waals surface area contributed by atoms with Crippen LogP contribution in [0.3, 0.4) is 0 Å². The number of amides is 1. The number of ether oxygens (including phenoxy) is 1. The summed E-state index contributed by atoms with van der Waals surface area (Å²) in [5, 5.41) is 10.1. The van der Waals surface area contributed by atoms with Gasteiger partial charge in [-0.15, -0.1) is 0 Å². The van der Waals surface area contributed by atoms with Crippen LogP contribution >= 0.6 is 0 Å². The predicted octanol–water partition coefficient (Wildman–Crippen LogP) is 0.198. The number of benzene rings is 1. The van der Waals surface area contributed by atoms with E-state index in [-0.39, 0.29) is 24.0 Å². The number of nitrogens with one attached hydrogen (secondary N) is 1. The van der Waals surface area contributed by atoms with E-state index in [0.717, 1.165) is 16.8 Å². The first-order valence-electron chi connectivity index (χ1n) is 7.91. The summed E-state index contributed by atoms with van der Waals surface area (Å²) >= 11 is 0.